The van der Waals surface area contributed by atoms with Gasteiger partial charge >= 0.3 is 0 Å². The largest absolute Gasteiger partial charge is 0.409 e. The number of carbonyl (C=O) groups is 1. The number of nitrogens with zero attached hydrogens (tertiary/aromatic N) is 2. The monoisotopic (exact) mass is 277 g/mol. The molecule has 0 aromatic heterocycles. The Bertz CT molecular complexity index is 471. The van der Waals surface area contributed by atoms with E-state index in [1.165, 1.54) is 0 Å². The summed E-state index contributed by atoms with van der Waals surface area (Å²) in [6, 6.07) is 9.18. The van der Waals surface area contributed by atoms with Gasteiger partial charge in [0.25, 0.3) is 0 Å². The molecule has 2 atom stereocenters. The van der Waals surface area contributed by atoms with Crippen molar-refractivity contribution in [2.45, 2.75) is 32.7 Å². The van der Waals surface area contributed by atoms with Gasteiger partial charge in [-0.15, -0.1) is 0 Å². The van der Waals surface area contributed by atoms with Crippen molar-refractivity contribution in [3.8, 4) is 0 Å². The normalized spacial score (nSPS) is 14.9. The van der Waals surface area contributed by atoms with Crippen LogP contribution in [-0.2, 0) is 4.79 Å². The van der Waals surface area contributed by atoms with Gasteiger partial charge in [0, 0.05) is 13.1 Å². The molecule has 3 N–H and O–H groups in total. The van der Waals surface area contributed by atoms with Gasteiger partial charge in [0.2, 0.25) is 5.91 Å². The quantitative estimate of drug-likeness (QED) is 0.374. The molecule has 5 nitrogen and oxygen atoms in total. The van der Waals surface area contributed by atoms with Gasteiger partial charge in [0.1, 0.15) is 5.92 Å². The van der Waals surface area contributed by atoms with Gasteiger partial charge in [-0.05, 0) is 18.4 Å². The summed E-state index contributed by atoms with van der Waals surface area (Å²) in [5.41, 5.74) is 6.43. The van der Waals surface area contributed by atoms with Gasteiger partial charge in [0.15, 0.2) is 5.84 Å². The van der Waals surface area contributed by atoms with E-state index in [4.69, 9.17) is 10.9 Å². The summed E-state index contributed by atoms with van der Waals surface area (Å²) in [6.45, 7) is 6.09. The Morgan fingerprint density at radius 1 is 1.25 bits per heavy atom. The summed E-state index contributed by atoms with van der Waals surface area (Å²) < 4.78 is 0. The molecule has 110 valence electrons. The van der Waals surface area contributed by atoms with Crippen molar-refractivity contribution in [2.24, 2.45) is 16.8 Å². The minimum atomic E-state index is -0.757. The molecule has 0 aliphatic heterocycles. The summed E-state index contributed by atoms with van der Waals surface area (Å²) in [5.74, 6) is -0.697. The Labute approximate surface area is 120 Å². The third kappa shape index (κ3) is 3.50. The molecule has 5 heteroatoms. The molecule has 0 aliphatic carbocycles. The molecule has 20 heavy (non-hydrogen) atoms. The summed E-state index contributed by atoms with van der Waals surface area (Å²) in [5, 5.41) is 12.0. The first-order valence-electron chi connectivity index (χ1n) is 6.69. The predicted octanol–water partition coefficient (Wildman–Crippen LogP) is 2.02. The van der Waals surface area contributed by atoms with E-state index in [1.54, 1.807) is 24.1 Å². The van der Waals surface area contributed by atoms with Crippen LogP contribution in [0.1, 0.15) is 32.3 Å². The Morgan fingerprint density at radius 2 is 1.80 bits per heavy atom. The molecule has 0 bridgehead atoms. The van der Waals surface area contributed by atoms with Gasteiger partial charge < -0.3 is 15.8 Å². The van der Waals surface area contributed by atoms with Crippen molar-refractivity contribution < 1.29 is 10.0 Å². The topological polar surface area (TPSA) is 78.9 Å². The summed E-state index contributed by atoms with van der Waals surface area (Å²) >= 11 is 0. The lowest BCUT2D eigenvalue weighted by Gasteiger charge is -2.31. The van der Waals surface area contributed by atoms with Gasteiger partial charge in [-0.3, -0.25) is 4.79 Å². The van der Waals surface area contributed by atoms with E-state index in [9.17, 15) is 4.79 Å². The van der Waals surface area contributed by atoms with Crippen LogP contribution < -0.4 is 5.73 Å². The second-order valence-electron chi connectivity index (χ2n) is 5.30. The number of hydrogen-bond acceptors (Lipinski definition) is 3. The van der Waals surface area contributed by atoms with Crippen molar-refractivity contribution in [2.75, 3.05) is 7.05 Å². The fourth-order valence-corrected chi connectivity index (χ4v) is 1.99. The fraction of sp³-hybridized carbons (Fsp3) is 0.467. The number of amidine groups is 1. The molecule has 2 unspecified atom stereocenters. The molecular formula is C15H23N3O2. The highest BCUT2D eigenvalue weighted by Crippen LogP contribution is 2.21. The zero-order valence-corrected chi connectivity index (χ0v) is 12.4. The van der Waals surface area contributed by atoms with Crippen molar-refractivity contribution in [1.82, 2.24) is 4.90 Å². The average Bonchev–Trinajstić information content (AvgIpc) is 2.46. The van der Waals surface area contributed by atoms with Crippen molar-refractivity contribution >= 4 is 11.7 Å². The number of nitrogens with two attached hydrogens (primary N) is 1. The highest BCUT2D eigenvalue weighted by Gasteiger charge is 2.30. The maximum absolute atomic E-state index is 12.6. The van der Waals surface area contributed by atoms with Crippen LogP contribution in [0.2, 0.25) is 0 Å². The number of rotatable bonds is 5. The van der Waals surface area contributed by atoms with Crippen LogP contribution in [0.5, 0.6) is 0 Å². The molecule has 0 aliphatic rings. The molecule has 1 rings (SSSR count). The number of amides is 1. The van der Waals surface area contributed by atoms with E-state index < -0.39 is 5.92 Å². The van der Waals surface area contributed by atoms with Crippen LogP contribution in [0, 0.1) is 5.92 Å². The molecular weight excluding hydrogens is 254 g/mol. The Hall–Kier alpha value is -2.04. The van der Waals surface area contributed by atoms with E-state index in [-0.39, 0.29) is 17.8 Å². The first-order chi connectivity index (χ1) is 9.40. The molecule has 1 aromatic rings. The summed E-state index contributed by atoms with van der Waals surface area (Å²) in [4.78, 5) is 14.3. The first-order valence-corrected chi connectivity index (χ1v) is 6.69. The lowest BCUT2D eigenvalue weighted by atomic mass is 9.95. The van der Waals surface area contributed by atoms with E-state index in [0.717, 1.165) is 5.56 Å². The van der Waals surface area contributed by atoms with Crippen molar-refractivity contribution in [1.29, 1.82) is 0 Å². The smallest absolute Gasteiger partial charge is 0.237 e. The standard InChI is InChI=1S/C15H23N3O2/c1-10(2)11(3)18(4)15(19)13(14(16)17-20)12-8-6-5-7-9-12/h5-11,13,20H,1-4H3,(H2,16,17). The fourth-order valence-electron chi connectivity index (χ4n) is 1.99. The number of likely N-dealkylation sites (N-methyl/N-ethyl adjacent to an activating group) is 1. The minimum Gasteiger partial charge on any atom is -0.409 e. The SMILES string of the molecule is CC(C)C(C)N(C)C(=O)C(C(N)=NO)c1ccccc1. The third-order valence-electron chi connectivity index (χ3n) is 3.71. The van der Waals surface area contributed by atoms with E-state index >= 15 is 0 Å². The first kappa shape index (κ1) is 16.0. The van der Waals surface area contributed by atoms with Gasteiger partial charge in [-0.2, -0.15) is 0 Å². The Morgan fingerprint density at radius 3 is 2.25 bits per heavy atom. The molecule has 1 aromatic carbocycles. The molecule has 0 spiro atoms. The zero-order valence-electron chi connectivity index (χ0n) is 12.4. The van der Waals surface area contributed by atoms with Crippen LogP contribution in [-0.4, -0.2) is 34.9 Å². The Kier molecular flexibility index (Phi) is 5.55. The lowest BCUT2D eigenvalue weighted by Crippen LogP contribution is -2.44. The van der Waals surface area contributed by atoms with Crippen LogP contribution in [0.25, 0.3) is 0 Å². The van der Waals surface area contributed by atoms with E-state index in [1.807, 2.05) is 25.1 Å². The lowest BCUT2D eigenvalue weighted by molar-refractivity contribution is -0.132. The molecule has 0 saturated carbocycles. The highest BCUT2D eigenvalue weighted by atomic mass is 16.4. The molecule has 0 saturated heterocycles. The molecule has 0 radical (unpaired) electrons. The van der Waals surface area contributed by atoms with E-state index in [0.29, 0.717) is 5.92 Å². The molecule has 0 fully saturated rings. The zero-order chi connectivity index (χ0) is 15.3. The van der Waals surface area contributed by atoms with Gasteiger partial charge in [-0.25, -0.2) is 0 Å². The third-order valence-corrected chi connectivity index (χ3v) is 3.71. The second kappa shape index (κ2) is 6.93. The van der Waals surface area contributed by atoms with Gasteiger partial charge in [-0.1, -0.05) is 49.3 Å². The Balaban J connectivity index is 3.10. The number of carbonyl (C=O) groups excluding carboxylic acids is 1. The number of hydrogen-bond donors (Lipinski definition) is 2. The second-order valence-corrected chi connectivity index (χ2v) is 5.30. The maximum Gasteiger partial charge on any atom is 0.237 e. The highest BCUT2D eigenvalue weighted by molar-refractivity contribution is 6.07. The van der Waals surface area contributed by atoms with Gasteiger partial charge in [0.05, 0.1) is 0 Å². The average molecular weight is 277 g/mol. The summed E-state index contributed by atoms with van der Waals surface area (Å²) in [6.07, 6.45) is 0. The maximum atomic E-state index is 12.6. The van der Waals surface area contributed by atoms with Crippen LogP contribution in [0.3, 0.4) is 0 Å². The van der Waals surface area contributed by atoms with Crippen molar-refractivity contribution in [3.05, 3.63) is 35.9 Å². The van der Waals surface area contributed by atoms with E-state index in [2.05, 4.69) is 19.0 Å². The van der Waals surface area contributed by atoms with Crippen LogP contribution in [0.4, 0.5) is 0 Å². The van der Waals surface area contributed by atoms with Crippen LogP contribution in [0.15, 0.2) is 35.5 Å². The van der Waals surface area contributed by atoms with Crippen molar-refractivity contribution in [3.63, 3.8) is 0 Å². The van der Waals surface area contributed by atoms with Crippen LogP contribution >= 0.6 is 0 Å². The summed E-state index contributed by atoms with van der Waals surface area (Å²) in [7, 11) is 1.74. The molecule has 1 amide bonds. The predicted molar refractivity (Wildman–Crippen MR) is 79.7 cm³/mol. The molecule has 0 heterocycles. The number of benzene rings is 1. The minimum absolute atomic E-state index is 0.0696. The number of oxime groups is 1.